The Morgan fingerprint density at radius 1 is 1.33 bits per heavy atom. The summed E-state index contributed by atoms with van der Waals surface area (Å²) >= 11 is 7.91. The van der Waals surface area contributed by atoms with Crippen LogP contribution in [-0.2, 0) is 4.79 Å². The number of aryl methyl sites for hydroxylation is 1. The van der Waals surface area contributed by atoms with Gasteiger partial charge in [0, 0.05) is 22.9 Å². The summed E-state index contributed by atoms with van der Waals surface area (Å²) in [5.41, 5.74) is 5.02. The highest BCUT2D eigenvalue weighted by Gasteiger charge is 2.33. The number of hydrogen-bond donors (Lipinski definition) is 1. The lowest BCUT2D eigenvalue weighted by Crippen LogP contribution is -2.24. The monoisotopic (exact) mass is 357 g/mol. The lowest BCUT2D eigenvalue weighted by atomic mass is 9.87. The average Bonchev–Trinajstić information content (AvgIpc) is 3.18. The summed E-state index contributed by atoms with van der Waals surface area (Å²) in [7, 11) is 0. The number of halogens is 1. The minimum atomic E-state index is 0.0135. The molecule has 1 aliphatic rings. The minimum absolute atomic E-state index is 0.0135. The number of nitrogens with zero attached hydrogens (tertiary/aromatic N) is 2. The number of carbonyl (C=O) groups is 1. The van der Waals surface area contributed by atoms with E-state index in [0.717, 1.165) is 28.3 Å². The van der Waals surface area contributed by atoms with Gasteiger partial charge in [0.05, 0.1) is 11.4 Å². The van der Waals surface area contributed by atoms with E-state index < -0.39 is 0 Å². The number of hydrogen-bond acceptors (Lipinski definition) is 3. The summed E-state index contributed by atoms with van der Waals surface area (Å²) in [6, 6.07) is 7.80. The van der Waals surface area contributed by atoms with E-state index in [0.29, 0.717) is 11.4 Å². The van der Waals surface area contributed by atoms with Crippen LogP contribution in [0.15, 0.2) is 35.0 Å². The zero-order chi connectivity index (χ0) is 16.8. The van der Waals surface area contributed by atoms with E-state index in [1.165, 1.54) is 5.56 Å². The van der Waals surface area contributed by atoms with Crippen molar-refractivity contribution in [2.24, 2.45) is 0 Å². The highest BCUT2D eigenvalue weighted by atomic mass is 35.5. The van der Waals surface area contributed by atoms with Gasteiger partial charge >= 0.3 is 0 Å². The maximum Gasteiger partial charge on any atom is 0.226 e. The Hall–Kier alpha value is -2.11. The van der Waals surface area contributed by atoms with Crippen molar-refractivity contribution in [2.45, 2.75) is 26.2 Å². The van der Waals surface area contributed by atoms with Crippen molar-refractivity contribution in [3.05, 3.63) is 62.4 Å². The molecule has 0 spiro atoms. The smallest absolute Gasteiger partial charge is 0.226 e. The van der Waals surface area contributed by atoms with E-state index in [4.69, 9.17) is 16.7 Å². The predicted molar refractivity (Wildman–Crippen MR) is 97.5 cm³/mol. The fourth-order valence-corrected chi connectivity index (χ4v) is 4.19. The highest BCUT2D eigenvalue weighted by Crippen LogP contribution is 2.41. The van der Waals surface area contributed by atoms with E-state index in [2.05, 4.69) is 16.8 Å². The largest absolute Gasteiger partial charge is 0.310 e. The lowest BCUT2D eigenvalue weighted by Gasteiger charge is -2.23. The third-order valence-electron chi connectivity index (χ3n) is 4.52. The molecule has 1 aromatic carbocycles. The van der Waals surface area contributed by atoms with E-state index in [1.54, 1.807) is 11.3 Å². The first-order valence-electron chi connectivity index (χ1n) is 7.73. The van der Waals surface area contributed by atoms with Crippen LogP contribution in [0.3, 0.4) is 0 Å². The zero-order valence-corrected chi connectivity index (χ0v) is 14.9. The number of rotatable bonds is 2. The van der Waals surface area contributed by atoms with E-state index >= 15 is 0 Å². The number of benzene rings is 1. The molecule has 6 heteroatoms. The van der Waals surface area contributed by atoms with Gasteiger partial charge in [-0.05, 0) is 53.9 Å². The third kappa shape index (κ3) is 2.36. The first kappa shape index (κ1) is 15.4. The van der Waals surface area contributed by atoms with Crippen molar-refractivity contribution in [2.75, 3.05) is 5.32 Å². The molecule has 1 N–H and O–H groups in total. The average molecular weight is 358 g/mol. The normalized spacial score (nSPS) is 16.8. The van der Waals surface area contributed by atoms with Crippen LogP contribution in [0.1, 0.15) is 34.7 Å². The van der Waals surface area contributed by atoms with Crippen LogP contribution in [0.25, 0.3) is 5.69 Å². The summed E-state index contributed by atoms with van der Waals surface area (Å²) in [4.78, 5) is 12.3. The topological polar surface area (TPSA) is 46.9 Å². The van der Waals surface area contributed by atoms with Gasteiger partial charge in [0.25, 0.3) is 0 Å². The third-order valence-corrected chi connectivity index (χ3v) is 5.63. The summed E-state index contributed by atoms with van der Waals surface area (Å²) < 4.78 is 1.81. The van der Waals surface area contributed by atoms with Gasteiger partial charge in [-0.2, -0.15) is 16.4 Å². The molecule has 0 bridgehead atoms. The molecule has 0 fully saturated rings. The Bertz CT molecular complexity index is 930. The van der Waals surface area contributed by atoms with Crippen LogP contribution in [0.5, 0.6) is 0 Å². The number of aromatic nitrogens is 2. The number of anilines is 1. The Kier molecular flexibility index (Phi) is 3.70. The molecule has 3 heterocycles. The van der Waals surface area contributed by atoms with Crippen LogP contribution in [0.4, 0.5) is 5.82 Å². The van der Waals surface area contributed by atoms with Crippen LogP contribution in [0, 0.1) is 13.8 Å². The van der Waals surface area contributed by atoms with Crippen molar-refractivity contribution in [1.29, 1.82) is 0 Å². The molecule has 4 nitrogen and oxygen atoms in total. The molecule has 1 aliphatic heterocycles. The maximum atomic E-state index is 12.3. The second-order valence-corrected chi connectivity index (χ2v) is 7.19. The highest BCUT2D eigenvalue weighted by molar-refractivity contribution is 7.08. The van der Waals surface area contributed by atoms with E-state index in [1.807, 2.05) is 42.1 Å². The van der Waals surface area contributed by atoms with Crippen molar-refractivity contribution in [1.82, 2.24) is 9.78 Å². The Morgan fingerprint density at radius 3 is 2.92 bits per heavy atom. The quantitative estimate of drug-likeness (QED) is 0.724. The standard InChI is InChI=1S/C18H16ClN3OS/c1-10-14(19)4-3-5-15(10)22-18-17(11(2)21-22)13(8-16(23)20-18)12-6-7-24-9-12/h3-7,9,13H,8H2,1-2H3,(H,20,23)/t13-/m1/s1. The van der Waals surface area contributed by atoms with Gasteiger partial charge in [0.15, 0.2) is 0 Å². The zero-order valence-electron chi connectivity index (χ0n) is 13.3. The van der Waals surface area contributed by atoms with Gasteiger partial charge in [-0.1, -0.05) is 17.7 Å². The molecule has 4 rings (SSSR count). The van der Waals surface area contributed by atoms with Crippen molar-refractivity contribution in [3.63, 3.8) is 0 Å². The van der Waals surface area contributed by atoms with Gasteiger partial charge in [-0.15, -0.1) is 0 Å². The van der Waals surface area contributed by atoms with Crippen LogP contribution >= 0.6 is 22.9 Å². The molecule has 2 aromatic heterocycles. The predicted octanol–water partition coefficient (Wildman–Crippen LogP) is 4.68. The van der Waals surface area contributed by atoms with E-state index in [-0.39, 0.29) is 11.8 Å². The minimum Gasteiger partial charge on any atom is -0.310 e. The summed E-state index contributed by atoms with van der Waals surface area (Å²) in [5.74, 6) is 0.818. The van der Waals surface area contributed by atoms with Crippen LogP contribution < -0.4 is 5.32 Å². The summed E-state index contributed by atoms with van der Waals surface area (Å²) in [6.07, 6.45) is 0.449. The maximum absolute atomic E-state index is 12.3. The molecule has 3 aromatic rings. The first-order valence-corrected chi connectivity index (χ1v) is 9.05. The Balaban J connectivity index is 1.93. The summed E-state index contributed by atoms with van der Waals surface area (Å²) in [6.45, 7) is 3.95. The van der Waals surface area contributed by atoms with Crippen molar-refractivity contribution in [3.8, 4) is 5.69 Å². The molecule has 0 aliphatic carbocycles. The Morgan fingerprint density at radius 2 is 2.17 bits per heavy atom. The van der Waals surface area contributed by atoms with Gasteiger partial charge in [-0.25, -0.2) is 4.68 Å². The number of fused-ring (bicyclic) bond motifs is 1. The van der Waals surface area contributed by atoms with Gasteiger partial charge in [-0.3, -0.25) is 4.79 Å². The van der Waals surface area contributed by atoms with Crippen molar-refractivity contribution < 1.29 is 4.79 Å². The van der Waals surface area contributed by atoms with Gasteiger partial charge < -0.3 is 5.32 Å². The van der Waals surface area contributed by atoms with Crippen LogP contribution in [-0.4, -0.2) is 15.7 Å². The molecule has 122 valence electrons. The first-order chi connectivity index (χ1) is 11.6. The van der Waals surface area contributed by atoms with Crippen molar-refractivity contribution >= 4 is 34.7 Å². The number of nitrogens with one attached hydrogen (secondary N) is 1. The lowest BCUT2D eigenvalue weighted by molar-refractivity contribution is -0.116. The van der Waals surface area contributed by atoms with Gasteiger partial charge in [0.1, 0.15) is 5.82 Å². The fourth-order valence-electron chi connectivity index (χ4n) is 3.30. The van der Waals surface area contributed by atoms with E-state index in [9.17, 15) is 4.79 Å². The van der Waals surface area contributed by atoms with Crippen LogP contribution in [0.2, 0.25) is 5.02 Å². The molecule has 1 atom stereocenters. The molecule has 24 heavy (non-hydrogen) atoms. The molecule has 0 saturated carbocycles. The second kappa shape index (κ2) is 5.76. The molecular weight excluding hydrogens is 342 g/mol. The fraction of sp³-hybridized carbons (Fsp3) is 0.222. The molecule has 0 radical (unpaired) electrons. The van der Waals surface area contributed by atoms with Gasteiger partial charge in [0.2, 0.25) is 5.91 Å². The molecule has 1 amide bonds. The second-order valence-electron chi connectivity index (χ2n) is 6.01. The molecule has 0 saturated heterocycles. The number of thiophene rings is 1. The summed E-state index contributed by atoms with van der Waals surface area (Å²) in [5, 5.41) is 12.5. The number of carbonyl (C=O) groups excluding carboxylic acids is 1. The number of amides is 1. The molecule has 0 unspecified atom stereocenters. The Labute approximate surface area is 149 Å². The molecular formula is C18H16ClN3OS. The SMILES string of the molecule is Cc1nn(-c2cccc(Cl)c2C)c2c1[C@@H](c1ccsc1)CC(=O)N2.